The highest BCUT2D eigenvalue weighted by molar-refractivity contribution is 6.31. The predicted molar refractivity (Wildman–Crippen MR) is 163 cm³/mol. The number of aromatic nitrogens is 2. The van der Waals surface area contributed by atoms with Crippen molar-refractivity contribution in [2.24, 2.45) is 12.5 Å². The standard InChI is InChI=1S/C31H34ClF4N5O5/c1-5-46-23-14-21(33)20(32)13-19(23)26(43)37-17-29(2,3)16-24(42)38-25-22(15-30(11-12-30)39-28(45)31(34,35)36)40(4)41(27(25)44)18-9-7-6-8-10-18/h6-10,13-14H,5,11-12,15-17H2,1-4H3,(H,37,43)(H,38,42)(H,39,45). The van der Waals surface area contributed by atoms with E-state index in [2.05, 4.69) is 10.6 Å². The molecule has 0 spiro atoms. The maximum Gasteiger partial charge on any atom is 0.471 e. The minimum Gasteiger partial charge on any atom is -0.493 e. The second-order valence-electron chi connectivity index (χ2n) is 12.0. The molecule has 10 nitrogen and oxygen atoms in total. The molecule has 4 rings (SSSR count). The van der Waals surface area contributed by atoms with Gasteiger partial charge in [0, 0.05) is 38.0 Å². The number of ether oxygens (including phenoxy) is 1. The molecule has 1 fully saturated rings. The fourth-order valence-electron chi connectivity index (χ4n) is 5.04. The Morgan fingerprint density at radius 3 is 2.33 bits per heavy atom. The largest absolute Gasteiger partial charge is 0.493 e. The van der Waals surface area contributed by atoms with Crippen LogP contribution in [0.4, 0.5) is 23.2 Å². The molecule has 1 aliphatic carbocycles. The van der Waals surface area contributed by atoms with Gasteiger partial charge in [0.25, 0.3) is 11.5 Å². The first-order chi connectivity index (χ1) is 21.5. The van der Waals surface area contributed by atoms with Crippen LogP contribution in [0.15, 0.2) is 47.3 Å². The number of benzene rings is 2. The van der Waals surface area contributed by atoms with E-state index in [0.29, 0.717) is 5.69 Å². The molecule has 46 heavy (non-hydrogen) atoms. The maximum absolute atomic E-state index is 13.9. The van der Waals surface area contributed by atoms with Crippen LogP contribution in [0.1, 0.15) is 56.1 Å². The van der Waals surface area contributed by atoms with Gasteiger partial charge in [0.2, 0.25) is 5.91 Å². The molecule has 3 N–H and O–H groups in total. The summed E-state index contributed by atoms with van der Waals surface area (Å²) in [5, 5.41) is 7.12. The Morgan fingerprint density at radius 1 is 1.09 bits per heavy atom. The van der Waals surface area contributed by atoms with Crippen molar-refractivity contribution in [1.82, 2.24) is 20.0 Å². The quantitative estimate of drug-likeness (QED) is 0.237. The van der Waals surface area contributed by atoms with Crippen LogP contribution in [0.25, 0.3) is 5.69 Å². The molecule has 0 bridgehead atoms. The number of para-hydroxylation sites is 1. The highest BCUT2D eigenvalue weighted by atomic mass is 35.5. The first-order valence-electron chi connectivity index (χ1n) is 14.4. The van der Waals surface area contributed by atoms with Crippen molar-refractivity contribution in [2.75, 3.05) is 18.5 Å². The van der Waals surface area contributed by atoms with Gasteiger partial charge in [-0.2, -0.15) is 13.2 Å². The summed E-state index contributed by atoms with van der Waals surface area (Å²) < 4.78 is 61.2. The Balaban J connectivity index is 1.54. The summed E-state index contributed by atoms with van der Waals surface area (Å²) in [5.41, 5.74) is -2.14. The summed E-state index contributed by atoms with van der Waals surface area (Å²) in [5.74, 6) is -4.02. The summed E-state index contributed by atoms with van der Waals surface area (Å²) >= 11 is 5.87. The number of halogens is 5. The van der Waals surface area contributed by atoms with Crippen molar-refractivity contribution >= 4 is 35.0 Å². The third kappa shape index (κ3) is 7.90. The van der Waals surface area contributed by atoms with Crippen molar-refractivity contribution in [3.05, 3.63) is 74.9 Å². The van der Waals surface area contributed by atoms with Crippen molar-refractivity contribution < 1.29 is 36.7 Å². The highest BCUT2D eigenvalue weighted by Crippen LogP contribution is 2.41. The third-order valence-electron chi connectivity index (χ3n) is 7.58. The monoisotopic (exact) mass is 667 g/mol. The summed E-state index contributed by atoms with van der Waals surface area (Å²) in [6.07, 6.45) is -4.89. The molecule has 3 aromatic rings. The number of carbonyl (C=O) groups excluding carboxylic acids is 3. The Labute approximate surface area is 267 Å². The predicted octanol–water partition coefficient (Wildman–Crippen LogP) is 4.91. The highest BCUT2D eigenvalue weighted by Gasteiger charge is 2.51. The van der Waals surface area contributed by atoms with E-state index in [1.54, 1.807) is 58.2 Å². The first kappa shape index (κ1) is 34.5. The number of amides is 3. The van der Waals surface area contributed by atoms with Gasteiger partial charge >= 0.3 is 12.1 Å². The zero-order valence-corrected chi connectivity index (χ0v) is 26.4. The molecule has 2 aromatic carbocycles. The molecule has 0 radical (unpaired) electrons. The Kier molecular flexibility index (Phi) is 9.90. The summed E-state index contributed by atoms with van der Waals surface area (Å²) in [6, 6.07) is 10.6. The molecule has 0 atom stereocenters. The van der Waals surface area contributed by atoms with Crippen LogP contribution >= 0.6 is 11.6 Å². The van der Waals surface area contributed by atoms with Crippen LogP contribution in [-0.4, -0.2) is 52.0 Å². The lowest BCUT2D eigenvalue weighted by Crippen LogP contribution is -2.46. The van der Waals surface area contributed by atoms with Crippen LogP contribution in [0.3, 0.4) is 0 Å². The van der Waals surface area contributed by atoms with Crippen LogP contribution < -0.4 is 26.2 Å². The second kappa shape index (κ2) is 13.2. The van der Waals surface area contributed by atoms with E-state index in [9.17, 15) is 36.7 Å². The van der Waals surface area contributed by atoms with E-state index >= 15 is 0 Å². The minimum atomic E-state index is -5.08. The van der Waals surface area contributed by atoms with E-state index in [-0.39, 0.29) is 66.6 Å². The van der Waals surface area contributed by atoms with Crippen LogP contribution in [-0.2, 0) is 23.1 Å². The van der Waals surface area contributed by atoms with Gasteiger partial charge in [-0.3, -0.25) is 23.9 Å². The van der Waals surface area contributed by atoms with Gasteiger partial charge in [0.15, 0.2) is 0 Å². The Bertz CT molecular complexity index is 1700. The minimum absolute atomic E-state index is 0.00334. The Morgan fingerprint density at radius 2 is 1.74 bits per heavy atom. The summed E-state index contributed by atoms with van der Waals surface area (Å²) in [7, 11) is 1.54. The van der Waals surface area contributed by atoms with E-state index in [4.69, 9.17) is 16.3 Å². The number of nitrogens with one attached hydrogen (secondary N) is 3. The molecule has 1 aromatic heterocycles. The van der Waals surface area contributed by atoms with E-state index in [1.807, 2.05) is 5.32 Å². The number of hydrogen-bond donors (Lipinski definition) is 3. The van der Waals surface area contributed by atoms with Crippen molar-refractivity contribution in [2.45, 2.75) is 58.2 Å². The van der Waals surface area contributed by atoms with Gasteiger partial charge < -0.3 is 20.7 Å². The first-order valence-corrected chi connectivity index (χ1v) is 14.8. The van der Waals surface area contributed by atoms with Crippen LogP contribution in [0.2, 0.25) is 5.02 Å². The lowest BCUT2D eigenvalue weighted by atomic mass is 9.88. The fraction of sp³-hybridized carbons (Fsp3) is 0.419. The Hall–Kier alpha value is -4.33. The van der Waals surface area contributed by atoms with Gasteiger partial charge in [0.1, 0.15) is 17.3 Å². The third-order valence-corrected chi connectivity index (χ3v) is 7.87. The molecule has 3 amide bonds. The molecule has 1 aliphatic rings. The zero-order chi connectivity index (χ0) is 34.0. The average Bonchev–Trinajstić information content (AvgIpc) is 3.69. The molecule has 1 heterocycles. The number of rotatable bonds is 12. The van der Waals surface area contributed by atoms with Gasteiger partial charge in [-0.05, 0) is 43.4 Å². The molecule has 1 saturated carbocycles. The van der Waals surface area contributed by atoms with Gasteiger partial charge in [0.05, 0.1) is 28.6 Å². The number of nitrogens with zero attached hydrogens (tertiary/aromatic N) is 2. The lowest BCUT2D eigenvalue weighted by molar-refractivity contribution is -0.174. The average molecular weight is 668 g/mol. The second-order valence-corrected chi connectivity index (χ2v) is 12.4. The molecular weight excluding hydrogens is 634 g/mol. The number of alkyl halides is 3. The molecule has 0 unspecified atom stereocenters. The lowest BCUT2D eigenvalue weighted by Gasteiger charge is -2.25. The van der Waals surface area contributed by atoms with E-state index < -0.39 is 46.2 Å². The topological polar surface area (TPSA) is 123 Å². The SMILES string of the molecule is CCOc1cc(F)c(Cl)cc1C(=O)NCC(C)(C)CC(=O)Nc1c(CC2(NC(=O)C(F)(F)F)CC2)n(C)n(-c2ccccc2)c1=O. The van der Waals surface area contributed by atoms with E-state index in [0.717, 1.165) is 12.1 Å². The van der Waals surface area contributed by atoms with Gasteiger partial charge in [-0.25, -0.2) is 9.07 Å². The summed E-state index contributed by atoms with van der Waals surface area (Å²) in [4.78, 5) is 51.7. The van der Waals surface area contributed by atoms with Crippen LogP contribution in [0.5, 0.6) is 5.75 Å². The fourth-order valence-corrected chi connectivity index (χ4v) is 5.21. The number of anilines is 1. The van der Waals surface area contributed by atoms with Crippen molar-refractivity contribution in [1.29, 1.82) is 0 Å². The van der Waals surface area contributed by atoms with Gasteiger partial charge in [-0.1, -0.05) is 43.6 Å². The normalized spacial score (nSPS) is 14.0. The van der Waals surface area contributed by atoms with Crippen molar-refractivity contribution in [3.8, 4) is 11.4 Å². The van der Waals surface area contributed by atoms with Gasteiger partial charge in [-0.15, -0.1) is 0 Å². The molecule has 0 saturated heterocycles. The summed E-state index contributed by atoms with van der Waals surface area (Å²) in [6.45, 7) is 5.24. The zero-order valence-electron chi connectivity index (χ0n) is 25.6. The van der Waals surface area contributed by atoms with E-state index in [1.165, 1.54) is 9.36 Å². The maximum atomic E-state index is 13.9. The molecule has 0 aliphatic heterocycles. The number of hydrogen-bond acceptors (Lipinski definition) is 5. The van der Waals surface area contributed by atoms with Crippen LogP contribution in [0, 0.1) is 11.2 Å². The molecule has 248 valence electrons. The molecular formula is C31H34ClF4N5O5. The number of carbonyl (C=O) groups is 3. The molecule has 15 heteroatoms. The van der Waals surface area contributed by atoms with Crippen molar-refractivity contribution in [3.63, 3.8) is 0 Å². The smallest absolute Gasteiger partial charge is 0.471 e.